The van der Waals surface area contributed by atoms with Gasteiger partial charge in [-0.15, -0.1) is 0 Å². The van der Waals surface area contributed by atoms with E-state index in [-0.39, 0.29) is 12.2 Å². The second-order valence-electron chi connectivity index (χ2n) is 4.71. The van der Waals surface area contributed by atoms with Gasteiger partial charge in [-0.2, -0.15) is 0 Å². The quantitative estimate of drug-likeness (QED) is 0.897. The van der Waals surface area contributed by atoms with Crippen LogP contribution >= 0.6 is 0 Å². The molecule has 1 aromatic carbocycles. The lowest BCUT2D eigenvalue weighted by Gasteiger charge is -2.19. The molecule has 1 N–H and O–H groups in total. The van der Waals surface area contributed by atoms with Gasteiger partial charge in [0, 0.05) is 18.0 Å². The van der Waals surface area contributed by atoms with E-state index in [9.17, 15) is 9.90 Å². The zero-order chi connectivity index (χ0) is 13.2. The minimum Gasteiger partial charge on any atom is -0.382 e. The number of aliphatic hydroxyl groups is 1. The van der Waals surface area contributed by atoms with Gasteiger partial charge in [0.15, 0.2) is 5.78 Å². The highest BCUT2D eigenvalue weighted by molar-refractivity contribution is 5.92. The first-order valence-corrected chi connectivity index (χ1v) is 6.13. The number of nitrogens with zero attached hydrogens (tertiary/aromatic N) is 1. The first-order chi connectivity index (χ1) is 8.54. The van der Waals surface area contributed by atoms with Gasteiger partial charge in [-0.05, 0) is 31.0 Å². The van der Waals surface area contributed by atoms with Crippen molar-refractivity contribution in [1.82, 2.24) is 4.98 Å². The first kappa shape index (κ1) is 12.7. The summed E-state index contributed by atoms with van der Waals surface area (Å²) >= 11 is 0. The average Bonchev–Trinajstić information content (AvgIpc) is 2.39. The molecule has 18 heavy (non-hydrogen) atoms. The van der Waals surface area contributed by atoms with E-state index in [1.807, 2.05) is 37.3 Å². The molecule has 0 aliphatic carbocycles. The first-order valence-electron chi connectivity index (χ1n) is 6.13. The SMILES string of the molecule is CCC(C)(O)C(=O)Cc1ccnc2ccccc12. The van der Waals surface area contributed by atoms with E-state index in [1.54, 1.807) is 13.1 Å². The zero-order valence-electron chi connectivity index (χ0n) is 10.7. The highest BCUT2D eigenvalue weighted by atomic mass is 16.3. The molecular weight excluding hydrogens is 226 g/mol. The van der Waals surface area contributed by atoms with Crippen LogP contribution in [0.15, 0.2) is 36.5 Å². The summed E-state index contributed by atoms with van der Waals surface area (Å²) in [6.45, 7) is 3.38. The Kier molecular flexibility index (Phi) is 3.43. The maximum absolute atomic E-state index is 12.0. The number of pyridine rings is 1. The van der Waals surface area contributed by atoms with Crippen molar-refractivity contribution in [3.8, 4) is 0 Å². The van der Waals surface area contributed by atoms with Gasteiger partial charge in [0.2, 0.25) is 0 Å². The smallest absolute Gasteiger partial charge is 0.168 e. The minimum atomic E-state index is -1.25. The Bertz CT molecular complexity index is 570. The summed E-state index contributed by atoms with van der Waals surface area (Å²) in [7, 11) is 0. The molecule has 2 aromatic rings. The number of carbonyl (C=O) groups excluding carboxylic acids is 1. The van der Waals surface area contributed by atoms with Gasteiger partial charge in [-0.1, -0.05) is 25.1 Å². The summed E-state index contributed by atoms with van der Waals surface area (Å²) in [6, 6.07) is 9.55. The number of aromatic nitrogens is 1. The molecule has 3 nitrogen and oxygen atoms in total. The van der Waals surface area contributed by atoms with Crippen LogP contribution in [-0.4, -0.2) is 21.5 Å². The van der Waals surface area contributed by atoms with Gasteiger partial charge in [0.05, 0.1) is 5.52 Å². The number of ketones is 1. The van der Waals surface area contributed by atoms with Gasteiger partial charge in [-0.25, -0.2) is 0 Å². The van der Waals surface area contributed by atoms with Crippen LogP contribution in [0.5, 0.6) is 0 Å². The number of benzene rings is 1. The van der Waals surface area contributed by atoms with E-state index in [2.05, 4.69) is 4.98 Å². The van der Waals surface area contributed by atoms with Gasteiger partial charge < -0.3 is 5.11 Å². The molecule has 1 unspecified atom stereocenters. The summed E-state index contributed by atoms with van der Waals surface area (Å²) in [5.41, 5.74) is 0.544. The zero-order valence-corrected chi connectivity index (χ0v) is 10.7. The van der Waals surface area contributed by atoms with Crippen molar-refractivity contribution in [2.24, 2.45) is 0 Å². The second kappa shape index (κ2) is 4.86. The van der Waals surface area contributed by atoms with Gasteiger partial charge in [0.25, 0.3) is 0 Å². The van der Waals surface area contributed by atoms with Crippen LogP contribution in [0.2, 0.25) is 0 Å². The molecule has 3 heteroatoms. The van der Waals surface area contributed by atoms with Crippen molar-refractivity contribution in [2.45, 2.75) is 32.3 Å². The molecule has 94 valence electrons. The Morgan fingerprint density at radius 3 is 2.78 bits per heavy atom. The van der Waals surface area contributed by atoms with Crippen molar-refractivity contribution in [3.63, 3.8) is 0 Å². The Hall–Kier alpha value is -1.74. The van der Waals surface area contributed by atoms with E-state index in [0.29, 0.717) is 6.42 Å². The van der Waals surface area contributed by atoms with Crippen molar-refractivity contribution in [2.75, 3.05) is 0 Å². The monoisotopic (exact) mass is 243 g/mol. The topological polar surface area (TPSA) is 50.2 Å². The Balaban J connectivity index is 2.36. The number of hydrogen-bond acceptors (Lipinski definition) is 3. The minimum absolute atomic E-state index is 0.152. The van der Waals surface area contributed by atoms with Crippen LogP contribution in [0.25, 0.3) is 10.9 Å². The molecule has 0 saturated heterocycles. The number of rotatable bonds is 4. The third-order valence-corrected chi connectivity index (χ3v) is 3.38. The van der Waals surface area contributed by atoms with Crippen LogP contribution in [0, 0.1) is 0 Å². The Morgan fingerprint density at radius 1 is 1.33 bits per heavy atom. The fraction of sp³-hybridized carbons (Fsp3) is 0.333. The lowest BCUT2D eigenvalue weighted by molar-refractivity contribution is -0.135. The standard InChI is InChI=1S/C15H17NO2/c1-3-15(2,18)14(17)10-11-8-9-16-13-7-5-4-6-12(11)13/h4-9,18H,3,10H2,1-2H3. The lowest BCUT2D eigenvalue weighted by atomic mass is 9.92. The molecule has 1 aromatic heterocycles. The highest BCUT2D eigenvalue weighted by Gasteiger charge is 2.27. The van der Waals surface area contributed by atoms with E-state index in [4.69, 9.17) is 0 Å². The second-order valence-corrected chi connectivity index (χ2v) is 4.71. The largest absolute Gasteiger partial charge is 0.382 e. The third-order valence-electron chi connectivity index (χ3n) is 3.38. The number of carbonyl (C=O) groups is 1. The molecule has 1 atom stereocenters. The number of fused-ring (bicyclic) bond motifs is 1. The van der Waals surface area contributed by atoms with Crippen molar-refractivity contribution < 1.29 is 9.90 Å². The molecule has 1 heterocycles. The molecule has 0 saturated carbocycles. The molecule has 0 aliphatic rings. The van der Waals surface area contributed by atoms with Gasteiger partial charge in [0.1, 0.15) is 5.60 Å². The van der Waals surface area contributed by atoms with Crippen LogP contribution in [-0.2, 0) is 11.2 Å². The van der Waals surface area contributed by atoms with E-state index < -0.39 is 5.60 Å². The van der Waals surface area contributed by atoms with Crippen LogP contribution in [0.3, 0.4) is 0 Å². The normalized spacial score (nSPS) is 14.4. The highest BCUT2D eigenvalue weighted by Crippen LogP contribution is 2.20. The lowest BCUT2D eigenvalue weighted by Crippen LogP contribution is -2.35. The molecule has 0 radical (unpaired) electrons. The summed E-state index contributed by atoms with van der Waals surface area (Å²) in [4.78, 5) is 16.3. The van der Waals surface area contributed by atoms with Crippen molar-refractivity contribution in [3.05, 3.63) is 42.1 Å². The summed E-state index contributed by atoms with van der Waals surface area (Å²) < 4.78 is 0. The summed E-state index contributed by atoms with van der Waals surface area (Å²) in [5.74, 6) is -0.152. The maximum Gasteiger partial charge on any atom is 0.168 e. The predicted octanol–water partition coefficient (Wildman–Crippen LogP) is 2.51. The molecule has 0 aliphatic heterocycles. The predicted molar refractivity (Wildman–Crippen MR) is 71.4 cm³/mol. The van der Waals surface area contributed by atoms with Gasteiger partial charge >= 0.3 is 0 Å². The molecular formula is C15H17NO2. The summed E-state index contributed by atoms with van der Waals surface area (Å²) in [6.07, 6.45) is 2.37. The van der Waals surface area contributed by atoms with Crippen molar-refractivity contribution >= 4 is 16.7 Å². The third kappa shape index (κ3) is 2.41. The molecule has 0 spiro atoms. The fourth-order valence-electron chi connectivity index (χ4n) is 1.87. The van der Waals surface area contributed by atoms with E-state index in [0.717, 1.165) is 16.5 Å². The number of Topliss-reactive ketones (excluding diaryl/α,β-unsaturated/α-hetero) is 1. The van der Waals surface area contributed by atoms with Crippen LogP contribution in [0.4, 0.5) is 0 Å². The van der Waals surface area contributed by atoms with Gasteiger partial charge in [-0.3, -0.25) is 9.78 Å². The molecule has 0 amide bonds. The Morgan fingerprint density at radius 2 is 2.06 bits per heavy atom. The molecule has 2 rings (SSSR count). The summed E-state index contributed by atoms with van der Waals surface area (Å²) in [5, 5.41) is 10.9. The molecule has 0 bridgehead atoms. The number of para-hydroxylation sites is 1. The van der Waals surface area contributed by atoms with Crippen LogP contribution < -0.4 is 0 Å². The van der Waals surface area contributed by atoms with Crippen LogP contribution in [0.1, 0.15) is 25.8 Å². The average molecular weight is 243 g/mol. The fourth-order valence-corrected chi connectivity index (χ4v) is 1.87. The maximum atomic E-state index is 12.0. The number of hydrogen-bond donors (Lipinski definition) is 1. The Labute approximate surface area is 106 Å². The van der Waals surface area contributed by atoms with E-state index >= 15 is 0 Å². The van der Waals surface area contributed by atoms with E-state index in [1.165, 1.54) is 0 Å². The molecule has 0 fully saturated rings. The van der Waals surface area contributed by atoms with Crippen molar-refractivity contribution in [1.29, 1.82) is 0 Å².